The van der Waals surface area contributed by atoms with Crippen LogP contribution >= 0.6 is 0 Å². The van der Waals surface area contributed by atoms with Gasteiger partial charge in [-0.1, -0.05) is 47.9 Å². The number of pyridine rings is 1. The maximum atomic E-state index is 5.29. The van der Waals surface area contributed by atoms with Gasteiger partial charge in [-0.05, 0) is 30.3 Å². The Morgan fingerprint density at radius 1 is 0.759 bits per heavy atom. The lowest BCUT2D eigenvalue weighted by atomic mass is 10.2. The van der Waals surface area contributed by atoms with Gasteiger partial charge in [0.1, 0.15) is 26.9 Å². The molecule has 0 aliphatic rings. The molecule has 4 heteroatoms. The molecule has 0 radical (unpaired) electrons. The third-order valence-corrected chi connectivity index (χ3v) is 3.72. The van der Waals surface area contributed by atoms with Gasteiger partial charge in [-0.2, -0.15) is 4.57 Å². The van der Waals surface area contributed by atoms with Crippen LogP contribution in [-0.2, 0) is 7.05 Å². The van der Waals surface area contributed by atoms with Crippen molar-refractivity contribution in [2.75, 3.05) is 28.3 Å². The Morgan fingerprint density at radius 3 is 1.90 bits per heavy atom. The molecule has 3 aromatic rings. The van der Waals surface area contributed by atoms with E-state index in [1.165, 1.54) is 5.39 Å². The van der Waals surface area contributed by atoms with Crippen LogP contribution in [-0.4, -0.2) is 39.1 Å². The minimum absolute atomic E-state index is 0. The molecule has 1 heterocycles. The number of nitrogens with zero attached hydrogens (tertiary/aromatic N) is 2. The number of hydrogen-bond donors (Lipinski definition) is 0. The highest BCUT2D eigenvalue weighted by Gasteiger charge is 2.09. The molecule has 0 saturated heterocycles. The molecule has 2 aromatic carbocycles. The van der Waals surface area contributed by atoms with Gasteiger partial charge in [-0.25, -0.2) is 4.58 Å². The second kappa shape index (κ2) is 15.1. The van der Waals surface area contributed by atoms with E-state index < -0.39 is 0 Å². The van der Waals surface area contributed by atoms with E-state index in [1.54, 1.807) is 14.2 Å². The zero-order chi connectivity index (χ0) is 18.2. The molecule has 0 atom stereocenters. The van der Waals surface area contributed by atoms with Gasteiger partial charge in [0, 0.05) is 6.07 Å². The summed E-state index contributed by atoms with van der Waals surface area (Å²) in [7, 11) is 9.38. The van der Waals surface area contributed by atoms with Crippen LogP contribution in [0.3, 0.4) is 0 Å². The second-order valence-electron chi connectivity index (χ2n) is 5.85. The quantitative estimate of drug-likeness (QED) is 0.421. The number of benzene rings is 2. The largest absolute Gasteiger partial charge is 0.496 e. The molecule has 0 N–H and O–H groups in total. The first-order valence-corrected chi connectivity index (χ1v) is 8.12. The lowest BCUT2D eigenvalue weighted by molar-refractivity contribution is -0.645. The van der Waals surface area contributed by atoms with Gasteiger partial charge in [0.25, 0.3) is 5.52 Å². The predicted octanol–water partition coefficient (Wildman–Crippen LogP) is 5.60. The highest BCUT2D eigenvalue weighted by atomic mass is 16.5. The summed E-state index contributed by atoms with van der Waals surface area (Å²) in [5.74, 6) is 1.83. The molecular formula is C25H42N2O2+2. The smallest absolute Gasteiger partial charge is 0.254 e. The number of fused-ring (bicyclic) bond motifs is 1. The zero-order valence-electron chi connectivity index (χ0n) is 15.6. The molecule has 0 amide bonds. The van der Waals surface area contributed by atoms with E-state index in [0.29, 0.717) is 0 Å². The number of aromatic nitrogens is 1. The normalized spacial score (nSPS) is 8.45. The second-order valence-corrected chi connectivity index (χ2v) is 5.85. The average Bonchev–Trinajstić information content (AvgIpc) is 2.62. The summed E-state index contributed by atoms with van der Waals surface area (Å²) in [5, 5.41) is 1.20. The fraction of sp³-hybridized carbons (Fsp3) is 0.360. The van der Waals surface area contributed by atoms with Gasteiger partial charge in [0.05, 0.1) is 25.2 Å². The van der Waals surface area contributed by atoms with Crippen LogP contribution in [0.5, 0.6) is 11.5 Å². The van der Waals surface area contributed by atoms with Crippen molar-refractivity contribution in [2.45, 2.75) is 29.7 Å². The molecule has 0 aliphatic carbocycles. The summed E-state index contributed by atoms with van der Waals surface area (Å²) in [5.41, 5.74) is 2.23. The van der Waals surface area contributed by atoms with Gasteiger partial charge in [0.2, 0.25) is 0 Å². The van der Waals surface area contributed by atoms with Gasteiger partial charge in [-0.15, -0.1) is 0 Å². The third kappa shape index (κ3) is 8.34. The Balaban J connectivity index is -0.000000411. The predicted molar refractivity (Wildman–Crippen MR) is 129 cm³/mol. The molecule has 0 unspecified atom stereocenters. The first-order chi connectivity index (χ1) is 12.1. The summed E-state index contributed by atoms with van der Waals surface area (Å²) in [6.07, 6.45) is 4.05. The van der Waals surface area contributed by atoms with E-state index in [1.807, 2.05) is 80.6 Å². The summed E-state index contributed by atoms with van der Waals surface area (Å²) in [4.78, 5) is 0. The summed E-state index contributed by atoms with van der Waals surface area (Å²) < 4.78 is 14.5. The molecule has 162 valence electrons. The van der Waals surface area contributed by atoms with Crippen LogP contribution in [0.2, 0.25) is 0 Å². The van der Waals surface area contributed by atoms with Gasteiger partial charge < -0.3 is 9.47 Å². The van der Waals surface area contributed by atoms with Crippen molar-refractivity contribution in [1.82, 2.24) is 0 Å². The maximum Gasteiger partial charge on any atom is 0.254 e. The fourth-order valence-electron chi connectivity index (χ4n) is 2.62. The van der Waals surface area contributed by atoms with E-state index in [2.05, 4.69) is 16.7 Å². The Kier molecular flexibility index (Phi) is 16.0. The number of aryl methyl sites for hydroxylation is 1. The minimum atomic E-state index is 0. The average molecular weight is 403 g/mol. The monoisotopic (exact) mass is 402 g/mol. The first kappa shape index (κ1) is 30.8. The number of ether oxygens (including phenoxy) is 2. The number of methoxy groups -OCH3 is 2. The molecular weight excluding hydrogens is 360 g/mol. The van der Waals surface area contributed by atoms with E-state index in [9.17, 15) is 0 Å². The number of rotatable bonds is 3. The standard InChI is InChI=1S/C11H12NO.C10H14NO.4CH4/c1-12-8-4-6-9-5-3-7-10(13-2)11(9)12;1-11(2)8-9-6-4-5-7-10(9)12-3;;;;/h3-8H,1-2H3;4-8H,1-3H3;4*1H4/q2*+1;;;;. The molecule has 1 aromatic heterocycles. The van der Waals surface area contributed by atoms with Crippen molar-refractivity contribution in [3.05, 3.63) is 66.4 Å². The Bertz CT molecular complexity index is 864. The Morgan fingerprint density at radius 2 is 1.31 bits per heavy atom. The molecule has 0 spiro atoms. The van der Waals surface area contributed by atoms with Gasteiger partial charge in [0.15, 0.2) is 18.2 Å². The fourth-order valence-corrected chi connectivity index (χ4v) is 2.62. The van der Waals surface area contributed by atoms with Crippen molar-refractivity contribution < 1.29 is 18.6 Å². The van der Waals surface area contributed by atoms with Crippen molar-refractivity contribution >= 4 is 17.1 Å². The Hall–Kier alpha value is -2.88. The van der Waals surface area contributed by atoms with Crippen LogP contribution in [0.15, 0.2) is 60.8 Å². The van der Waals surface area contributed by atoms with E-state index in [4.69, 9.17) is 9.47 Å². The van der Waals surface area contributed by atoms with Crippen LogP contribution in [0, 0.1) is 0 Å². The van der Waals surface area contributed by atoms with Crippen LogP contribution in [0.4, 0.5) is 0 Å². The minimum Gasteiger partial charge on any atom is -0.496 e. The van der Waals surface area contributed by atoms with Crippen molar-refractivity contribution in [2.24, 2.45) is 7.05 Å². The van der Waals surface area contributed by atoms with Crippen LogP contribution in [0.1, 0.15) is 35.3 Å². The van der Waals surface area contributed by atoms with E-state index >= 15 is 0 Å². The molecule has 4 nitrogen and oxygen atoms in total. The van der Waals surface area contributed by atoms with Crippen molar-refractivity contribution in [3.63, 3.8) is 0 Å². The molecule has 3 rings (SSSR count). The van der Waals surface area contributed by atoms with Crippen molar-refractivity contribution in [1.29, 1.82) is 0 Å². The lowest BCUT2D eigenvalue weighted by Crippen LogP contribution is -2.28. The van der Waals surface area contributed by atoms with E-state index in [0.717, 1.165) is 22.6 Å². The summed E-state index contributed by atoms with van der Waals surface area (Å²) in [6.45, 7) is 0. The molecule has 0 aliphatic heterocycles. The van der Waals surface area contributed by atoms with Crippen LogP contribution in [0.25, 0.3) is 10.9 Å². The molecule has 29 heavy (non-hydrogen) atoms. The maximum absolute atomic E-state index is 5.29. The highest BCUT2D eigenvalue weighted by Crippen LogP contribution is 2.20. The summed E-state index contributed by atoms with van der Waals surface area (Å²) in [6, 6.07) is 18.1. The summed E-state index contributed by atoms with van der Waals surface area (Å²) >= 11 is 0. The number of hydrogen-bond acceptors (Lipinski definition) is 2. The lowest BCUT2D eigenvalue weighted by Gasteiger charge is -2.01. The SMILES string of the molecule is C.C.C.C.COc1cccc2ccc[n+](C)c12.COc1ccccc1C=[N+](C)C. The van der Waals surface area contributed by atoms with Gasteiger partial charge in [-0.3, -0.25) is 0 Å². The van der Waals surface area contributed by atoms with Crippen molar-refractivity contribution in [3.8, 4) is 11.5 Å². The third-order valence-electron chi connectivity index (χ3n) is 3.72. The van der Waals surface area contributed by atoms with Gasteiger partial charge >= 0.3 is 0 Å². The molecule has 0 saturated carbocycles. The molecule has 0 bridgehead atoms. The van der Waals surface area contributed by atoms with E-state index in [-0.39, 0.29) is 29.7 Å². The highest BCUT2D eigenvalue weighted by molar-refractivity contribution is 5.81. The zero-order valence-corrected chi connectivity index (χ0v) is 15.6. The van der Waals surface area contributed by atoms with Crippen LogP contribution < -0.4 is 14.0 Å². The number of para-hydroxylation sites is 2. The molecule has 0 fully saturated rings. The topological polar surface area (TPSA) is 25.4 Å². The Labute approximate surface area is 179 Å². The first-order valence-electron chi connectivity index (χ1n) is 8.12.